The molecular formula is C23H30N4O. The van der Waals surface area contributed by atoms with E-state index in [9.17, 15) is 4.79 Å². The van der Waals surface area contributed by atoms with Crippen molar-refractivity contribution in [1.82, 2.24) is 14.7 Å². The lowest BCUT2D eigenvalue weighted by atomic mass is 10.0. The largest absolute Gasteiger partial charge is 0.312 e. The highest BCUT2D eigenvalue weighted by Crippen LogP contribution is 2.33. The minimum absolute atomic E-state index is 0.302. The molecule has 28 heavy (non-hydrogen) atoms. The van der Waals surface area contributed by atoms with Crippen LogP contribution in [0.15, 0.2) is 36.0 Å². The molecule has 1 aliphatic heterocycles. The van der Waals surface area contributed by atoms with E-state index in [1.54, 1.807) is 0 Å². The number of rotatable bonds is 6. The monoisotopic (exact) mass is 378 g/mol. The molecular weight excluding hydrogens is 348 g/mol. The molecule has 148 valence electrons. The van der Waals surface area contributed by atoms with Gasteiger partial charge in [0.15, 0.2) is 0 Å². The Kier molecular flexibility index (Phi) is 6.09. The Morgan fingerprint density at radius 2 is 1.79 bits per heavy atom. The van der Waals surface area contributed by atoms with Crippen molar-refractivity contribution in [2.45, 2.75) is 51.1 Å². The van der Waals surface area contributed by atoms with Crippen LogP contribution in [0.2, 0.25) is 0 Å². The van der Waals surface area contributed by atoms with Gasteiger partial charge in [0.1, 0.15) is 0 Å². The van der Waals surface area contributed by atoms with E-state index in [4.69, 9.17) is 5.26 Å². The van der Waals surface area contributed by atoms with Crippen molar-refractivity contribution < 1.29 is 4.79 Å². The van der Waals surface area contributed by atoms with Crippen molar-refractivity contribution in [2.24, 2.45) is 0 Å². The third kappa shape index (κ3) is 4.81. The number of nitriles is 1. The average Bonchev–Trinajstić information content (AvgIpc) is 3.56. The second-order valence-corrected chi connectivity index (χ2v) is 8.30. The second kappa shape index (κ2) is 8.89. The van der Waals surface area contributed by atoms with E-state index < -0.39 is 0 Å². The van der Waals surface area contributed by atoms with Gasteiger partial charge in [0.05, 0.1) is 18.2 Å². The lowest BCUT2D eigenvalue weighted by molar-refractivity contribution is -0.131. The van der Waals surface area contributed by atoms with Crippen LogP contribution in [0.25, 0.3) is 0 Å². The van der Waals surface area contributed by atoms with Gasteiger partial charge in [0, 0.05) is 44.5 Å². The van der Waals surface area contributed by atoms with Crippen LogP contribution >= 0.6 is 0 Å². The Morgan fingerprint density at radius 3 is 2.39 bits per heavy atom. The number of carbonyl (C=O) groups is 1. The lowest BCUT2D eigenvalue weighted by Crippen LogP contribution is -2.50. The van der Waals surface area contributed by atoms with Crippen molar-refractivity contribution in [1.29, 1.82) is 5.26 Å². The molecule has 5 heteroatoms. The van der Waals surface area contributed by atoms with Gasteiger partial charge in [0.25, 0.3) is 0 Å². The number of hydrogen-bond acceptors (Lipinski definition) is 4. The highest BCUT2D eigenvalue weighted by atomic mass is 16.2. The molecule has 1 aromatic rings. The van der Waals surface area contributed by atoms with E-state index in [-0.39, 0.29) is 0 Å². The van der Waals surface area contributed by atoms with E-state index in [0.29, 0.717) is 24.1 Å². The molecule has 3 aliphatic rings. The number of allylic oxidation sites excluding steroid dienone is 2. The molecule has 5 nitrogen and oxygen atoms in total. The number of nitrogens with zero attached hydrogens (tertiary/aromatic N) is 4. The van der Waals surface area contributed by atoms with Crippen molar-refractivity contribution in [3.05, 3.63) is 47.2 Å². The van der Waals surface area contributed by atoms with Crippen LogP contribution in [0, 0.1) is 11.3 Å². The Morgan fingerprint density at radius 1 is 1.07 bits per heavy atom. The molecule has 1 heterocycles. The molecule has 0 atom stereocenters. The van der Waals surface area contributed by atoms with Gasteiger partial charge in [-0.3, -0.25) is 14.6 Å². The first-order valence-corrected chi connectivity index (χ1v) is 10.7. The van der Waals surface area contributed by atoms with Crippen LogP contribution in [0.5, 0.6) is 0 Å². The summed E-state index contributed by atoms with van der Waals surface area (Å²) in [6.45, 7) is 5.32. The Bertz CT molecular complexity index is 752. The smallest absolute Gasteiger partial charge is 0.241 e. The minimum atomic E-state index is 0.302. The summed E-state index contributed by atoms with van der Waals surface area (Å²) in [4.78, 5) is 19.9. The molecule has 0 aromatic heterocycles. The maximum atomic E-state index is 13.0. The molecule has 1 amide bonds. The Balaban J connectivity index is 1.27. The zero-order chi connectivity index (χ0) is 19.3. The summed E-state index contributed by atoms with van der Waals surface area (Å²) in [6, 6.07) is 10.5. The van der Waals surface area contributed by atoms with Crippen LogP contribution < -0.4 is 0 Å². The van der Waals surface area contributed by atoms with Crippen LogP contribution in [0.1, 0.15) is 49.7 Å². The van der Waals surface area contributed by atoms with Crippen LogP contribution in [-0.4, -0.2) is 59.4 Å². The topological polar surface area (TPSA) is 50.6 Å². The highest BCUT2D eigenvalue weighted by molar-refractivity contribution is 5.80. The molecule has 0 radical (unpaired) electrons. The van der Waals surface area contributed by atoms with Gasteiger partial charge in [0.2, 0.25) is 5.91 Å². The first kappa shape index (κ1) is 19.2. The molecule has 1 saturated heterocycles. The molecule has 0 unspecified atom stereocenters. The van der Waals surface area contributed by atoms with Crippen LogP contribution in [0.4, 0.5) is 0 Å². The van der Waals surface area contributed by atoms with Gasteiger partial charge in [-0.2, -0.15) is 5.26 Å². The van der Waals surface area contributed by atoms with Crippen molar-refractivity contribution in [3.8, 4) is 6.07 Å². The van der Waals surface area contributed by atoms with Crippen molar-refractivity contribution in [2.75, 3.05) is 32.7 Å². The predicted octanol–water partition coefficient (Wildman–Crippen LogP) is 3.12. The summed E-state index contributed by atoms with van der Waals surface area (Å²) < 4.78 is 0. The number of hydrogen-bond donors (Lipinski definition) is 0. The molecule has 1 aromatic carbocycles. The third-order valence-corrected chi connectivity index (χ3v) is 6.07. The fraction of sp³-hybridized carbons (Fsp3) is 0.565. The van der Waals surface area contributed by atoms with E-state index in [1.807, 2.05) is 24.3 Å². The standard InChI is InChI=1S/C23H30N4O/c24-16-19-6-8-20(9-7-19)17-25-12-14-26(15-13-25)18-23(28)27(22-10-11-22)21-4-2-1-3-5-21/h4,6-9,22H,1-3,5,10-15,17-18H2. The first-order valence-electron chi connectivity index (χ1n) is 10.7. The lowest BCUT2D eigenvalue weighted by Gasteiger charge is -2.36. The maximum Gasteiger partial charge on any atom is 0.241 e. The molecule has 4 rings (SSSR count). The summed E-state index contributed by atoms with van der Waals surface area (Å²) >= 11 is 0. The second-order valence-electron chi connectivity index (χ2n) is 8.30. The summed E-state index contributed by atoms with van der Waals surface area (Å²) in [5.41, 5.74) is 3.24. The molecule has 2 aliphatic carbocycles. The number of amides is 1. The summed E-state index contributed by atoms with van der Waals surface area (Å²) in [6.07, 6.45) is 9.31. The fourth-order valence-corrected chi connectivity index (χ4v) is 4.29. The molecule has 0 bridgehead atoms. The average molecular weight is 379 g/mol. The predicted molar refractivity (Wildman–Crippen MR) is 109 cm³/mol. The van der Waals surface area contributed by atoms with Gasteiger partial charge in [-0.15, -0.1) is 0 Å². The third-order valence-electron chi connectivity index (χ3n) is 6.07. The highest BCUT2D eigenvalue weighted by Gasteiger charge is 2.35. The number of carbonyl (C=O) groups excluding carboxylic acids is 1. The quantitative estimate of drug-likeness (QED) is 0.763. The van der Waals surface area contributed by atoms with Gasteiger partial charge >= 0.3 is 0 Å². The molecule has 1 saturated carbocycles. The normalized spacial score (nSPS) is 21.0. The summed E-state index contributed by atoms with van der Waals surface area (Å²) in [7, 11) is 0. The van der Waals surface area contributed by atoms with E-state index in [0.717, 1.165) is 45.6 Å². The Labute approximate surface area is 168 Å². The summed E-state index contributed by atoms with van der Waals surface area (Å²) in [5.74, 6) is 0.302. The molecule has 2 fully saturated rings. The zero-order valence-corrected chi connectivity index (χ0v) is 16.6. The Hall–Kier alpha value is -2.16. The van der Waals surface area contributed by atoms with E-state index in [1.165, 1.54) is 36.9 Å². The van der Waals surface area contributed by atoms with Gasteiger partial charge in [-0.05, 0) is 56.2 Å². The van der Waals surface area contributed by atoms with Gasteiger partial charge < -0.3 is 4.90 Å². The van der Waals surface area contributed by atoms with Crippen molar-refractivity contribution >= 4 is 5.91 Å². The van der Waals surface area contributed by atoms with Gasteiger partial charge in [-0.1, -0.05) is 18.2 Å². The number of benzene rings is 1. The first-order chi connectivity index (χ1) is 13.7. The zero-order valence-electron chi connectivity index (χ0n) is 16.6. The SMILES string of the molecule is N#Cc1ccc(CN2CCN(CC(=O)N(C3=CCCCC3)C3CC3)CC2)cc1. The maximum absolute atomic E-state index is 13.0. The summed E-state index contributed by atoms with van der Waals surface area (Å²) in [5, 5.41) is 8.91. The number of piperazine rings is 1. The van der Waals surface area contributed by atoms with Crippen LogP contribution in [0.3, 0.4) is 0 Å². The molecule has 0 N–H and O–H groups in total. The molecule has 0 spiro atoms. The van der Waals surface area contributed by atoms with E-state index in [2.05, 4.69) is 26.8 Å². The van der Waals surface area contributed by atoms with Crippen molar-refractivity contribution in [3.63, 3.8) is 0 Å². The van der Waals surface area contributed by atoms with Gasteiger partial charge in [-0.25, -0.2) is 0 Å². The van der Waals surface area contributed by atoms with E-state index >= 15 is 0 Å². The van der Waals surface area contributed by atoms with Crippen LogP contribution in [-0.2, 0) is 11.3 Å². The fourth-order valence-electron chi connectivity index (χ4n) is 4.29. The minimum Gasteiger partial charge on any atom is -0.312 e.